The van der Waals surface area contributed by atoms with E-state index in [2.05, 4.69) is 9.97 Å². The molecule has 26 heavy (non-hydrogen) atoms. The minimum atomic E-state index is -0.224. The number of rotatable bonds is 2. The summed E-state index contributed by atoms with van der Waals surface area (Å²) in [6.07, 6.45) is 1.79. The molecule has 0 unspecified atom stereocenters. The van der Waals surface area contributed by atoms with Crippen LogP contribution in [0.4, 0.5) is 4.39 Å². The van der Waals surface area contributed by atoms with Crippen LogP contribution in [-0.4, -0.2) is 17.1 Å². The summed E-state index contributed by atoms with van der Waals surface area (Å²) in [4.78, 5) is 8.07. The normalized spacial score (nSPS) is 11.5. The highest BCUT2D eigenvalue weighted by Crippen LogP contribution is 2.36. The first-order valence-corrected chi connectivity index (χ1v) is 8.38. The summed E-state index contributed by atoms with van der Waals surface area (Å²) in [7, 11) is 1.66. The summed E-state index contributed by atoms with van der Waals surface area (Å²) in [5.41, 5.74) is 3.67. The SMILES string of the molecule is COc1ccc2[nH]c3c(-c4cccc5c(F)cccc45)nccc3c2c1. The molecule has 0 fully saturated rings. The molecule has 5 rings (SSSR count). The fourth-order valence-electron chi connectivity index (χ4n) is 3.61. The van der Waals surface area contributed by atoms with Crippen molar-refractivity contribution in [1.29, 1.82) is 0 Å². The Labute approximate surface area is 149 Å². The molecule has 0 aliphatic carbocycles. The smallest absolute Gasteiger partial charge is 0.131 e. The van der Waals surface area contributed by atoms with Gasteiger partial charge < -0.3 is 9.72 Å². The van der Waals surface area contributed by atoms with Crippen molar-refractivity contribution >= 4 is 32.6 Å². The molecule has 1 N–H and O–H groups in total. The second-order valence-electron chi connectivity index (χ2n) is 6.26. The number of methoxy groups -OCH3 is 1. The number of aromatic amines is 1. The fraction of sp³-hybridized carbons (Fsp3) is 0.0455. The highest BCUT2D eigenvalue weighted by Gasteiger charge is 2.14. The molecule has 0 radical (unpaired) electrons. The van der Waals surface area contributed by atoms with Gasteiger partial charge in [-0.25, -0.2) is 4.39 Å². The summed E-state index contributed by atoms with van der Waals surface area (Å²) >= 11 is 0. The predicted molar refractivity (Wildman–Crippen MR) is 103 cm³/mol. The van der Waals surface area contributed by atoms with Crippen molar-refractivity contribution in [2.75, 3.05) is 7.11 Å². The highest BCUT2D eigenvalue weighted by atomic mass is 19.1. The average Bonchev–Trinajstić information content (AvgIpc) is 3.06. The van der Waals surface area contributed by atoms with E-state index in [4.69, 9.17) is 4.74 Å². The summed E-state index contributed by atoms with van der Waals surface area (Å²) < 4.78 is 19.6. The number of nitrogens with one attached hydrogen (secondary N) is 1. The minimum Gasteiger partial charge on any atom is -0.497 e. The summed E-state index contributed by atoms with van der Waals surface area (Å²) in [5, 5.41) is 3.59. The van der Waals surface area contributed by atoms with E-state index in [1.165, 1.54) is 6.07 Å². The van der Waals surface area contributed by atoms with Crippen LogP contribution >= 0.6 is 0 Å². The monoisotopic (exact) mass is 342 g/mol. The van der Waals surface area contributed by atoms with E-state index in [1.54, 1.807) is 25.4 Å². The van der Waals surface area contributed by atoms with E-state index >= 15 is 0 Å². The second kappa shape index (κ2) is 5.56. The van der Waals surface area contributed by atoms with Crippen LogP contribution in [0.25, 0.3) is 43.8 Å². The Bertz CT molecular complexity index is 1290. The van der Waals surface area contributed by atoms with Gasteiger partial charge in [0.25, 0.3) is 0 Å². The molecule has 4 heteroatoms. The van der Waals surface area contributed by atoms with Gasteiger partial charge in [0.05, 0.1) is 18.3 Å². The molecular weight excluding hydrogens is 327 g/mol. The van der Waals surface area contributed by atoms with Crippen LogP contribution in [0.15, 0.2) is 66.9 Å². The fourth-order valence-corrected chi connectivity index (χ4v) is 3.61. The molecule has 0 amide bonds. The lowest BCUT2D eigenvalue weighted by molar-refractivity contribution is 0.415. The van der Waals surface area contributed by atoms with Crippen molar-refractivity contribution < 1.29 is 9.13 Å². The lowest BCUT2D eigenvalue weighted by Gasteiger charge is -2.08. The maximum atomic E-state index is 14.2. The second-order valence-corrected chi connectivity index (χ2v) is 6.26. The zero-order valence-electron chi connectivity index (χ0n) is 14.1. The van der Waals surface area contributed by atoms with Crippen molar-refractivity contribution in [2.45, 2.75) is 0 Å². The van der Waals surface area contributed by atoms with Gasteiger partial charge >= 0.3 is 0 Å². The Morgan fingerprint density at radius 1 is 0.885 bits per heavy atom. The van der Waals surface area contributed by atoms with E-state index in [0.29, 0.717) is 5.39 Å². The number of pyridine rings is 1. The molecule has 0 atom stereocenters. The first-order valence-electron chi connectivity index (χ1n) is 8.38. The molecule has 0 saturated carbocycles. The number of hydrogen-bond acceptors (Lipinski definition) is 2. The van der Waals surface area contributed by atoms with Crippen molar-refractivity contribution in [3.63, 3.8) is 0 Å². The van der Waals surface area contributed by atoms with Crippen molar-refractivity contribution in [3.05, 3.63) is 72.7 Å². The molecule has 126 valence electrons. The topological polar surface area (TPSA) is 37.9 Å². The van der Waals surface area contributed by atoms with Gasteiger partial charge in [0.2, 0.25) is 0 Å². The Kier molecular flexibility index (Phi) is 3.19. The zero-order valence-corrected chi connectivity index (χ0v) is 14.1. The Balaban J connectivity index is 1.87. The van der Waals surface area contributed by atoms with E-state index in [0.717, 1.165) is 44.2 Å². The lowest BCUT2D eigenvalue weighted by atomic mass is 10.00. The van der Waals surface area contributed by atoms with Gasteiger partial charge in [-0.3, -0.25) is 4.98 Å². The average molecular weight is 342 g/mol. The van der Waals surface area contributed by atoms with Crippen LogP contribution < -0.4 is 4.74 Å². The van der Waals surface area contributed by atoms with E-state index < -0.39 is 0 Å². The molecule has 0 aliphatic rings. The molecule has 2 heterocycles. The number of ether oxygens (including phenoxy) is 1. The maximum absolute atomic E-state index is 14.2. The molecule has 5 aromatic rings. The van der Waals surface area contributed by atoms with E-state index in [1.807, 2.05) is 42.5 Å². The molecule has 0 spiro atoms. The quantitative estimate of drug-likeness (QED) is 0.448. The minimum absolute atomic E-state index is 0.224. The zero-order chi connectivity index (χ0) is 17.7. The number of nitrogens with zero attached hydrogens (tertiary/aromatic N) is 1. The molecular formula is C22H15FN2O. The summed E-state index contributed by atoms with van der Waals surface area (Å²) in [6.45, 7) is 0. The third-order valence-corrected chi connectivity index (χ3v) is 4.85. The molecule has 0 saturated heterocycles. The first kappa shape index (κ1) is 14.9. The highest BCUT2D eigenvalue weighted by molar-refractivity contribution is 6.13. The van der Waals surface area contributed by atoms with Crippen LogP contribution in [0, 0.1) is 5.82 Å². The molecule has 0 aliphatic heterocycles. The standard InChI is InChI=1S/C22H15FN2O/c1-26-13-8-9-20-18(12-13)17-10-11-24-21(22(17)25-20)16-6-2-5-15-14(16)4-3-7-19(15)23/h2-12,25H,1H3. The van der Waals surface area contributed by atoms with Crippen molar-refractivity contribution in [3.8, 4) is 17.0 Å². The lowest BCUT2D eigenvalue weighted by Crippen LogP contribution is -1.88. The van der Waals surface area contributed by atoms with Gasteiger partial charge in [-0.15, -0.1) is 0 Å². The van der Waals surface area contributed by atoms with Gasteiger partial charge in [0, 0.05) is 33.4 Å². The van der Waals surface area contributed by atoms with Crippen LogP contribution in [0.5, 0.6) is 5.75 Å². The Morgan fingerprint density at radius 3 is 2.62 bits per heavy atom. The van der Waals surface area contributed by atoms with E-state index in [-0.39, 0.29) is 5.82 Å². The Hall–Kier alpha value is -3.40. The van der Waals surface area contributed by atoms with Crippen molar-refractivity contribution in [1.82, 2.24) is 9.97 Å². The Morgan fingerprint density at radius 2 is 1.73 bits per heavy atom. The number of benzene rings is 3. The largest absolute Gasteiger partial charge is 0.497 e. The third kappa shape index (κ3) is 2.09. The maximum Gasteiger partial charge on any atom is 0.131 e. The summed E-state index contributed by atoms with van der Waals surface area (Å²) in [6, 6.07) is 18.7. The van der Waals surface area contributed by atoms with E-state index in [9.17, 15) is 4.39 Å². The number of halogens is 1. The van der Waals surface area contributed by atoms with Gasteiger partial charge in [-0.2, -0.15) is 0 Å². The number of aromatic nitrogens is 2. The van der Waals surface area contributed by atoms with Gasteiger partial charge in [0.1, 0.15) is 11.6 Å². The van der Waals surface area contributed by atoms with Crippen LogP contribution in [0.1, 0.15) is 0 Å². The summed E-state index contributed by atoms with van der Waals surface area (Å²) in [5.74, 6) is 0.585. The van der Waals surface area contributed by atoms with Gasteiger partial charge in [-0.05, 0) is 35.7 Å². The van der Waals surface area contributed by atoms with Crippen LogP contribution in [0.2, 0.25) is 0 Å². The van der Waals surface area contributed by atoms with Crippen molar-refractivity contribution in [2.24, 2.45) is 0 Å². The van der Waals surface area contributed by atoms with Gasteiger partial charge in [-0.1, -0.05) is 30.3 Å². The number of H-pyrrole nitrogens is 1. The molecule has 0 bridgehead atoms. The van der Waals surface area contributed by atoms with Gasteiger partial charge in [0.15, 0.2) is 0 Å². The number of hydrogen-bond donors (Lipinski definition) is 1. The van der Waals surface area contributed by atoms with Crippen LogP contribution in [0.3, 0.4) is 0 Å². The number of fused-ring (bicyclic) bond motifs is 4. The molecule has 3 aromatic carbocycles. The van der Waals surface area contributed by atoms with Crippen LogP contribution in [-0.2, 0) is 0 Å². The third-order valence-electron chi connectivity index (χ3n) is 4.85. The first-order chi connectivity index (χ1) is 12.8. The molecule has 3 nitrogen and oxygen atoms in total. The predicted octanol–water partition coefficient (Wildman–Crippen LogP) is 5.68. The molecule has 2 aromatic heterocycles.